The van der Waals surface area contributed by atoms with Crippen molar-refractivity contribution in [2.75, 3.05) is 12.1 Å². The molecule has 4 aromatic carbocycles. The van der Waals surface area contributed by atoms with Crippen LogP contribution in [0.1, 0.15) is 22.8 Å². The minimum atomic E-state index is -0.515. The van der Waals surface area contributed by atoms with Crippen molar-refractivity contribution in [1.82, 2.24) is 9.78 Å². The molecule has 1 aliphatic rings. The zero-order valence-electron chi connectivity index (χ0n) is 22.2. The number of aromatic nitrogens is 2. The predicted octanol–water partition coefficient (Wildman–Crippen LogP) is 6.56. The van der Waals surface area contributed by atoms with Crippen LogP contribution in [0, 0.1) is 12.7 Å². The zero-order chi connectivity index (χ0) is 28.5. The van der Waals surface area contributed by atoms with E-state index in [1.807, 2.05) is 31.2 Å². The van der Waals surface area contributed by atoms with E-state index in [1.54, 1.807) is 59.3 Å². The standard InChI is InChI=1S/C32H24FN3O5/c1-19-5-3-4-6-26(19)36-32(41-20(2)37)29(30(35-36)22-7-12-24(33)13-8-22)21-9-14-25(15-10-21)34-31(38)23-11-16-27-28(17-23)40-18-39-27/h3-17H,18H2,1-2H3,(H,34,38). The lowest BCUT2D eigenvalue weighted by Gasteiger charge is -2.12. The number of para-hydroxylation sites is 1. The molecule has 1 amide bonds. The molecular formula is C32H24FN3O5. The zero-order valence-corrected chi connectivity index (χ0v) is 22.2. The third-order valence-corrected chi connectivity index (χ3v) is 6.61. The van der Waals surface area contributed by atoms with E-state index in [9.17, 15) is 14.0 Å². The van der Waals surface area contributed by atoms with Crippen LogP contribution in [-0.2, 0) is 4.79 Å². The highest BCUT2D eigenvalue weighted by atomic mass is 19.1. The van der Waals surface area contributed by atoms with Crippen LogP contribution in [0.2, 0.25) is 0 Å². The first-order chi connectivity index (χ1) is 19.9. The van der Waals surface area contributed by atoms with Crippen molar-refractivity contribution < 1.29 is 28.2 Å². The lowest BCUT2D eigenvalue weighted by molar-refractivity contribution is -0.132. The average molecular weight is 550 g/mol. The SMILES string of the molecule is CC(=O)Oc1c(-c2ccc(NC(=O)c3ccc4c(c3)OCO4)cc2)c(-c2ccc(F)cc2)nn1-c1ccccc1C. The first-order valence-corrected chi connectivity index (χ1v) is 12.8. The van der Waals surface area contributed by atoms with E-state index < -0.39 is 5.97 Å². The van der Waals surface area contributed by atoms with Crippen LogP contribution >= 0.6 is 0 Å². The van der Waals surface area contributed by atoms with Crippen molar-refractivity contribution in [3.63, 3.8) is 0 Å². The van der Waals surface area contributed by atoms with Gasteiger partial charge in [-0.2, -0.15) is 9.78 Å². The van der Waals surface area contributed by atoms with Crippen LogP contribution < -0.4 is 19.5 Å². The maximum atomic E-state index is 13.8. The second-order valence-electron chi connectivity index (χ2n) is 9.43. The van der Waals surface area contributed by atoms with E-state index in [0.29, 0.717) is 45.1 Å². The maximum Gasteiger partial charge on any atom is 0.309 e. The molecule has 0 saturated heterocycles. The molecule has 0 aliphatic carbocycles. The lowest BCUT2D eigenvalue weighted by atomic mass is 10.0. The number of esters is 1. The van der Waals surface area contributed by atoms with Crippen molar-refractivity contribution in [2.45, 2.75) is 13.8 Å². The van der Waals surface area contributed by atoms with Crippen LogP contribution in [0.25, 0.3) is 28.1 Å². The van der Waals surface area contributed by atoms with Crippen LogP contribution in [-0.4, -0.2) is 28.4 Å². The number of halogens is 1. The molecule has 9 heteroatoms. The lowest BCUT2D eigenvalue weighted by Crippen LogP contribution is -2.11. The fraction of sp³-hybridized carbons (Fsp3) is 0.0938. The van der Waals surface area contributed by atoms with E-state index in [-0.39, 0.29) is 24.4 Å². The Hall–Kier alpha value is -5.44. The van der Waals surface area contributed by atoms with Crippen LogP contribution in [0.3, 0.4) is 0 Å². The van der Waals surface area contributed by atoms with Crippen LogP contribution in [0.4, 0.5) is 10.1 Å². The van der Waals surface area contributed by atoms with Gasteiger partial charge in [0.2, 0.25) is 12.7 Å². The highest BCUT2D eigenvalue weighted by molar-refractivity contribution is 6.05. The van der Waals surface area contributed by atoms with Gasteiger partial charge in [-0.1, -0.05) is 30.3 Å². The van der Waals surface area contributed by atoms with Gasteiger partial charge in [0.25, 0.3) is 5.91 Å². The molecule has 1 aromatic heterocycles. The predicted molar refractivity (Wildman–Crippen MR) is 151 cm³/mol. The second-order valence-corrected chi connectivity index (χ2v) is 9.43. The van der Waals surface area contributed by atoms with E-state index in [0.717, 1.165) is 11.3 Å². The van der Waals surface area contributed by atoms with Gasteiger partial charge >= 0.3 is 5.97 Å². The van der Waals surface area contributed by atoms with Crippen molar-refractivity contribution in [1.29, 1.82) is 0 Å². The number of carbonyl (C=O) groups is 2. The maximum absolute atomic E-state index is 13.8. The fourth-order valence-corrected chi connectivity index (χ4v) is 4.63. The molecule has 0 fully saturated rings. The Morgan fingerprint density at radius 1 is 0.902 bits per heavy atom. The molecule has 0 unspecified atom stereocenters. The Labute approximate surface area is 234 Å². The number of nitrogens with one attached hydrogen (secondary N) is 1. The molecule has 0 bridgehead atoms. The average Bonchev–Trinajstić information content (AvgIpc) is 3.58. The quantitative estimate of drug-likeness (QED) is 0.241. The van der Waals surface area contributed by atoms with Gasteiger partial charge in [-0.25, -0.2) is 4.39 Å². The number of aryl methyl sites for hydroxylation is 1. The van der Waals surface area contributed by atoms with E-state index in [2.05, 4.69) is 5.32 Å². The highest BCUT2D eigenvalue weighted by Crippen LogP contribution is 2.41. The number of amides is 1. The third-order valence-electron chi connectivity index (χ3n) is 6.61. The number of ether oxygens (including phenoxy) is 3. The number of hydrogen-bond acceptors (Lipinski definition) is 6. The minimum Gasteiger partial charge on any atom is -0.454 e. The van der Waals surface area contributed by atoms with Crippen molar-refractivity contribution in [2.24, 2.45) is 0 Å². The number of anilines is 1. The fourth-order valence-electron chi connectivity index (χ4n) is 4.63. The molecule has 1 aliphatic heterocycles. The Kier molecular flexibility index (Phi) is 6.68. The van der Waals surface area contributed by atoms with Gasteiger partial charge < -0.3 is 19.5 Å². The van der Waals surface area contributed by atoms with Gasteiger partial charge in [-0.3, -0.25) is 9.59 Å². The second kappa shape index (κ2) is 10.6. The highest BCUT2D eigenvalue weighted by Gasteiger charge is 2.25. The minimum absolute atomic E-state index is 0.123. The number of carbonyl (C=O) groups excluding carboxylic acids is 2. The molecule has 0 atom stereocenters. The van der Waals surface area contributed by atoms with E-state index in [4.69, 9.17) is 19.3 Å². The molecule has 6 rings (SSSR count). The molecule has 1 N–H and O–H groups in total. The number of rotatable bonds is 6. The number of benzene rings is 4. The van der Waals surface area contributed by atoms with Crippen molar-refractivity contribution in [3.05, 3.63) is 108 Å². The first-order valence-electron chi connectivity index (χ1n) is 12.8. The summed E-state index contributed by atoms with van der Waals surface area (Å²) in [6.45, 7) is 3.38. The van der Waals surface area contributed by atoms with Gasteiger partial charge in [0.1, 0.15) is 11.5 Å². The van der Waals surface area contributed by atoms with Gasteiger partial charge in [-0.15, -0.1) is 0 Å². The van der Waals surface area contributed by atoms with Crippen LogP contribution in [0.15, 0.2) is 91.0 Å². The summed E-state index contributed by atoms with van der Waals surface area (Å²) in [6.07, 6.45) is 0. The monoisotopic (exact) mass is 549 g/mol. The number of fused-ring (bicyclic) bond motifs is 1. The topological polar surface area (TPSA) is 91.7 Å². The van der Waals surface area contributed by atoms with Gasteiger partial charge in [0.15, 0.2) is 11.5 Å². The van der Waals surface area contributed by atoms with Gasteiger partial charge in [0.05, 0.1) is 11.3 Å². The molecule has 5 aromatic rings. The molecule has 0 spiro atoms. The summed E-state index contributed by atoms with van der Waals surface area (Å²) in [5.41, 5.74) is 5.00. The van der Waals surface area contributed by atoms with Gasteiger partial charge in [-0.05, 0) is 78.7 Å². The smallest absolute Gasteiger partial charge is 0.309 e. The Morgan fingerprint density at radius 3 is 2.34 bits per heavy atom. The molecular weight excluding hydrogens is 525 g/mol. The number of nitrogens with zero attached hydrogens (tertiary/aromatic N) is 2. The molecule has 0 saturated carbocycles. The molecule has 0 radical (unpaired) electrons. The van der Waals surface area contributed by atoms with E-state index >= 15 is 0 Å². The van der Waals surface area contributed by atoms with Gasteiger partial charge in [0, 0.05) is 23.7 Å². The summed E-state index contributed by atoms with van der Waals surface area (Å²) < 4.78 is 31.8. The normalized spacial score (nSPS) is 11.8. The summed E-state index contributed by atoms with van der Waals surface area (Å²) in [5, 5.41) is 7.72. The van der Waals surface area contributed by atoms with Crippen molar-refractivity contribution >= 4 is 17.6 Å². The summed E-state index contributed by atoms with van der Waals surface area (Å²) >= 11 is 0. The van der Waals surface area contributed by atoms with Crippen molar-refractivity contribution in [3.8, 4) is 45.5 Å². The Bertz CT molecular complexity index is 1780. The number of hydrogen-bond donors (Lipinski definition) is 1. The molecule has 41 heavy (non-hydrogen) atoms. The molecule has 204 valence electrons. The Morgan fingerprint density at radius 2 is 1.61 bits per heavy atom. The largest absolute Gasteiger partial charge is 0.454 e. The molecule has 8 nitrogen and oxygen atoms in total. The van der Waals surface area contributed by atoms with Crippen LogP contribution in [0.5, 0.6) is 17.4 Å². The third kappa shape index (κ3) is 5.12. The first kappa shape index (κ1) is 25.8. The summed E-state index contributed by atoms with van der Waals surface area (Å²) in [6, 6.07) is 25.6. The Balaban J connectivity index is 1.41. The summed E-state index contributed by atoms with van der Waals surface area (Å²) in [4.78, 5) is 25.2. The summed E-state index contributed by atoms with van der Waals surface area (Å²) in [7, 11) is 0. The molecule has 2 heterocycles. The summed E-state index contributed by atoms with van der Waals surface area (Å²) in [5.74, 6) is 0.137. The van der Waals surface area contributed by atoms with E-state index in [1.165, 1.54) is 19.1 Å².